The molecule has 0 bridgehead atoms. The van der Waals surface area contributed by atoms with E-state index in [1.807, 2.05) is 6.26 Å². The van der Waals surface area contributed by atoms with E-state index in [1.165, 1.54) is 16.7 Å². The number of hydrogen-bond donors (Lipinski definition) is 0. The van der Waals surface area contributed by atoms with E-state index < -0.39 is 8.07 Å². The highest BCUT2D eigenvalue weighted by Crippen LogP contribution is 2.58. The van der Waals surface area contributed by atoms with Gasteiger partial charge in [0.05, 0.1) is 14.3 Å². The van der Waals surface area contributed by atoms with Crippen molar-refractivity contribution in [3.8, 4) is 5.75 Å². The van der Waals surface area contributed by atoms with Gasteiger partial charge in [0.25, 0.3) is 0 Å². The quantitative estimate of drug-likeness (QED) is 0.589. The van der Waals surface area contributed by atoms with Crippen LogP contribution in [-0.4, -0.2) is 8.07 Å². The number of rotatable bonds is 4. The first-order valence-corrected chi connectivity index (χ1v) is 10.8. The van der Waals surface area contributed by atoms with Crippen molar-refractivity contribution in [2.75, 3.05) is 0 Å². The molecule has 0 radical (unpaired) electrons. The number of hydrogen-bond acceptors (Lipinski definition) is 1. The van der Waals surface area contributed by atoms with E-state index in [1.54, 1.807) is 5.20 Å². The standard InChI is InChI=1S/C20H28OSi/c1-13(2)22(14(3)4,15(5)6)19-11-16-12-21-18-10-8-7-9-17(18)20(16)19/h7-10,12-15H,11H2,1-6H3. The lowest BCUT2D eigenvalue weighted by Gasteiger charge is -2.50. The Morgan fingerprint density at radius 1 is 0.909 bits per heavy atom. The average molecular weight is 313 g/mol. The molecule has 1 heterocycles. The molecule has 0 atom stereocenters. The van der Waals surface area contributed by atoms with Gasteiger partial charge >= 0.3 is 0 Å². The minimum Gasteiger partial charge on any atom is -0.464 e. The van der Waals surface area contributed by atoms with Crippen molar-refractivity contribution < 1.29 is 4.74 Å². The van der Waals surface area contributed by atoms with Crippen LogP contribution in [0.25, 0.3) is 5.57 Å². The highest BCUT2D eigenvalue weighted by molar-refractivity contribution is 6.91. The zero-order valence-electron chi connectivity index (χ0n) is 14.7. The van der Waals surface area contributed by atoms with Crippen LogP contribution in [0.4, 0.5) is 0 Å². The van der Waals surface area contributed by atoms with Crippen molar-refractivity contribution >= 4 is 13.6 Å². The highest BCUT2D eigenvalue weighted by atomic mass is 28.3. The predicted molar refractivity (Wildman–Crippen MR) is 97.7 cm³/mol. The molecule has 0 spiro atoms. The van der Waals surface area contributed by atoms with Gasteiger partial charge in [-0.05, 0) is 40.3 Å². The molecule has 1 aliphatic heterocycles. The van der Waals surface area contributed by atoms with Crippen LogP contribution < -0.4 is 4.74 Å². The molecule has 1 aromatic rings. The van der Waals surface area contributed by atoms with Crippen LogP contribution in [0, 0.1) is 0 Å². The van der Waals surface area contributed by atoms with Gasteiger partial charge in [0.2, 0.25) is 0 Å². The molecular formula is C20H28OSi. The Bertz CT molecular complexity index is 628. The van der Waals surface area contributed by atoms with Crippen LogP contribution in [0.2, 0.25) is 16.6 Å². The third-order valence-corrected chi connectivity index (χ3v) is 13.1. The van der Waals surface area contributed by atoms with E-state index in [-0.39, 0.29) is 0 Å². The first kappa shape index (κ1) is 15.6. The Hall–Kier alpha value is -1.28. The summed E-state index contributed by atoms with van der Waals surface area (Å²) in [5, 5.41) is 1.79. The molecule has 118 valence electrons. The van der Waals surface area contributed by atoms with Gasteiger partial charge in [0.1, 0.15) is 5.75 Å². The zero-order chi connectivity index (χ0) is 16.1. The van der Waals surface area contributed by atoms with Gasteiger partial charge in [-0.15, -0.1) is 0 Å². The molecule has 0 unspecified atom stereocenters. The third kappa shape index (κ3) is 1.96. The Morgan fingerprint density at radius 3 is 2.09 bits per heavy atom. The topological polar surface area (TPSA) is 9.23 Å². The van der Waals surface area contributed by atoms with Gasteiger partial charge in [-0.1, -0.05) is 64.9 Å². The summed E-state index contributed by atoms with van der Waals surface area (Å²) in [5.74, 6) is 1.03. The Morgan fingerprint density at radius 2 is 1.50 bits per heavy atom. The monoisotopic (exact) mass is 312 g/mol. The molecule has 0 saturated heterocycles. The molecule has 0 fully saturated rings. The van der Waals surface area contributed by atoms with Crippen LogP contribution in [0.1, 0.15) is 53.5 Å². The molecule has 1 nitrogen and oxygen atoms in total. The summed E-state index contributed by atoms with van der Waals surface area (Å²) < 4.78 is 5.82. The van der Waals surface area contributed by atoms with Gasteiger partial charge < -0.3 is 4.74 Å². The fourth-order valence-corrected chi connectivity index (χ4v) is 12.5. The van der Waals surface area contributed by atoms with E-state index in [2.05, 4.69) is 65.8 Å². The molecule has 1 aliphatic carbocycles. The number of ether oxygens (including phenoxy) is 1. The lowest BCUT2D eigenvalue weighted by molar-refractivity contribution is 0.467. The van der Waals surface area contributed by atoms with Crippen LogP contribution in [0.3, 0.4) is 0 Å². The van der Waals surface area contributed by atoms with E-state index in [4.69, 9.17) is 4.74 Å². The Kier molecular flexibility index (Phi) is 3.84. The van der Waals surface area contributed by atoms with E-state index in [0.29, 0.717) is 0 Å². The van der Waals surface area contributed by atoms with Crippen molar-refractivity contribution in [2.45, 2.75) is 64.6 Å². The molecule has 0 N–H and O–H groups in total. The molecule has 0 saturated carbocycles. The van der Waals surface area contributed by atoms with Gasteiger partial charge in [0.15, 0.2) is 0 Å². The molecule has 1 aromatic carbocycles. The maximum Gasteiger partial charge on any atom is 0.134 e. The van der Waals surface area contributed by atoms with Gasteiger partial charge in [0, 0.05) is 5.56 Å². The molecule has 0 aromatic heterocycles. The SMILES string of the molecule is CC(C)[Si](C1=C2C(=COc3ccccc32)C1)(C(C)C)C(C)C. The highest BCUT2D eigenvalue weighted by Gasteiger charge is 2.50. The maximum absolute atomic E-state index is 5.82. The summed E-state index contributed by atoms with van der Waals surface area (Å²) >= 11 is 0. The second-order valence-corrected chi connectivity index (χ2v) is 13.6. The van der Waals surface area contributed by atoms with Gasteiger partial charge in [-0.2, -0.15) is 0 Å². The van der Waals surface area contributed by atoms with Crippen molar-refractivity contribution in [3.63, 3.8) is 0 Å². The first-order chi connectivity index (χ1) is 10.4. The van der Waals surface area contributed by atoms with Crippen LogP contribution in [0.15, 0.2) is 41.3 Å². The summed E-state index contributed by atoms with van der Waals surface area (Å²) in [6.07, 6.45) is 3.13. The first-order valence-electron chi connectivity index (χ1n) is 8.59. The van der Waals surface area contributed by atoms with E-state index in [0.717, 1.165) is 28.8 Å². The minimum absolute atomic E-state index is 0.770. The third-order valence-electron chi connectivity index (χ3n) is 5.86. The molecular weight excluding hydrogens is 284 g/mol. The normalized spacial score (nSPS) is 17.2. The predicted octanol–water partition coefficient (Wildman–Crippen LogP) is 6.34. The van der Waals surface area contributed by atoms with Crippen molar-refractivity contribution in [1.82, 2.24) is 0 Å². The second-order valence-electron chi connectivity index (χ2n) is 7.68. The minimum atomic E-state index is -1.54. The molecule has 3 rings (SSSR count). The Labute approximate surface area is 136 Å². The van der Waals surface area contributed by atoms with Crippen LogP contribution in [-0.2, 0) is 0 Å². The van der Waals surface area contributed by atoms with E-state index >= 15 is 0 Å². The second kappa shape index (κ2) is 5.41. The van der Waals surface area contributed by atoms with Gasteiger partial charge in [-0.25, -0.2) is 0 Å². The Balaban J connectivity index is 2.23. The fourth-order valence-electron chi connectivity index (χ4n) is 5.22. The lowest BCUT2D eigenvalue weighted by atomic mass is 9.85. The number of benzene rings is 1. The summed E-state index contributed by atoms with van der Waals surface area (Å²) in [4.78, 5) is 0. The average Bonchev–Trinajstić information content (AvgIpc) is 2.42. The van der Waals surface area contributed by atoms with Gasteiger partial charge in [-0.3, -0.25) is 0 Å². The summed E-state index contributed by atoms with van der Waals surface area (Å²) in [6.45, 7) is 14.7. The summed E-state index contributed by atoms with van der Waals surface area (Å²) in [6, 6.07) is 8.53. The number of allylic oxidation sites excluding steroid dienone is 3. The smallest absolute Gasteiger partial charge is 0.134 e. The van der Waals surface area contributed by atoms with Crippen molar-refractivity contribution in [2.24, 2.45) is 0 Å². The van der Waals surface area contributed by atoms with E-state index in [9.17, 15) is 0 Å². The largest absolute Gasteiger partial charge is 0.464 e. The molecule has 2 heteroatoms. The lowest BCUT2D eigenvalue weighted by Crippen LogP contribution is -2.49. The summed E-state index contributed by atoms with van der Waals surface area (Å²) in [5.41, 5.74) is 6.57. The molecule has 22 heavy (non-hydrogen) atoms. The number of para-hydroxylation sites is 1. The van der Waals surface area contributed by atoms with Crippen molar-refractivity contribution in [3.05, 3.63) is 46.9 Å². The zero-order valence-corrected chi connectivity index (χ0v) is 15.7. The number of fused-ring (bicyclic) bond motifs is 3. The van der Waals surface area contributed by atoms with Crippen LogP contribution >= 0.6 is 0 Å². The molecule has 2 aliphatic rings. The maximum atomic E-state index is 5.82. The molecule has 0 amide bonds. The van der Waals surface area contributed by atoms with Crippen molar-refractivity contribution in [1.29, 1.82) is 0 Å². The van der Waals surface area contributed by atoms with Crippen LogP contribution in [0.5, 0.6) is 5.75 Å². The summed E-state index contributed by atoms with van der Waals surface area (Å²) in [7, 11) is -1.54. The fraction of sp³-hybridized carbons (Fsp3) is 0.500.